The Balaban J connectivity index is 2.90. The van der Waals surface area contributed by atoms with Gasteiger partial charge in [0.05, 0.1) is 5.69 Å². The third kappa shape index (κ3) is 2.06. The predicted molar refractivity (Wildman–Crippen MR) is 48.8 cm³/mol. The highest BCUT2D eigenvalue weighted by Gasteiger charge is 1.98. The molecule has 1 aromatic heterocycles. The van der Waals surface area contributed by atoms with Crippen LogP contribution in [0.15, 0.2) is 6.07 Å². The number of aromatic nitrogens is 2. The third-order valence-corrected chi connectivity index (χ3v) is 1.41. The van der Waals surface area contributed by atoms with Gasteiger partial charge in [-0.15, -0.1) is 0 Å². The number of nitrogens with two attached hydrogens (primary N) is 1. The topological polar surface area (TPSA) is 75.9 Å². The maximum absolute atomic E-state index is 5.48. The summed E-state index contributed by atoms with van der Waals surface area (Å²) >= 11 is 0. The summed E-state index contributed by atoms with van der Waals surface area (Å²) in [4.78, 5) is 8.00. The predicted octanol–water partition coefficient (Wildman–Crippen LogP) is -0.180. The van der Waals surface area contributed by atoms with Crippen LogP contribution in [0.4, 0.5) is 11.8 Å². The zero-order chi connectivity index (χ0) is 8.97. The van der Waals surface area contributed by atoms with Crippen molar-refractivity contribution in [3.63, 3.8) is 0 Å². The van der Waals surface area contributed by atoms with Gasteiger partial charge in [0.15, 0.2) is 0 Å². The summed E-state index contributed by atoms with van der Waals surface area (Å²) in [6.07, 6.45) is 0. The maximum atomic E-state index is 5.48. The number of rotatable bonds is 3. The van der Waals surface area contributed by atoms with Crippen LogP contribution in [0, 0.1) is 0 Å². The summed E-state index contributed by atoms with van der Waals surface area (Å²) in [5.74, 6) is 1.04. The third-order valence-electron chi connectivity index (χ3n) is 1.41. The molecule has 0 unspecified atom stereocenters. The SMILES string of the molecule is CNCc1cc(NC)nc(N)n1. The van der Waals surface area contributed by atoms with Crippen molar-refractivity contribution < 1.29 is 0 Å². The zero-order valence-electron chi connectivity index (χ0n) is 7.26. The van der Waals surface area contributed by atoms with Crippen molar-refractivity contribution >= 4 is 11.8 Å². The van der Waals surface area contributed by atoms with Crippen LogP contribution in [0.3, 0.4) is 0 Å². The minimum absolute atomic E-state index is 0.298. The molecule has 0 aliphatic heterocycles. The van der Waals surface area contributed by atoms with Crippen LogP contribution in [0.1, 0.15) is 5.69 Å². The van der Waals surface area contributed by atoms with Crippen LogP contribution in [0.5, 0.6) is 0 Å². The standard InChI is InChI=1S/C7H13N5/c1-9-4-5-3-6(10-2)12-7(8)11-5/h3,9H,4H2,1-2H3,(H3,8,10,11,12). The molecule has 0 saturated carbocycles. The number of hydrogen-bond donors (Lipinski definition) is 3. The monoisotopic (exact) mass is 167 g/mol. The van der Waals surface area contributed by atoms with Gasteiger partial charge in [-0.2, -0.15) is 4.98 Å². The summed E-state index contributed by atoms with van der Waals surface area (Å²) in [7, 11) is 3.66. The fourth-order valence-electron chi connectivity index (χ4n) is 0.918. The quantitative estimate of drug-likeness (QED) is 0.582. The van der Waals surface area contributed by atoms with Gasteiger partial charge >= 0.3 is 0 Å². The number of nitrogens with one attached hydrogen (secondary N) is 2. The van der Waals surface area contributed by atoms with Crippen LogP contribution >= 0.6 is 0 Å². The fraction of sp³-hybridized carbons (Fsp3) is 0.429. The van der Waals surface area contributed by atoms with Gasteiger partial charge in [0.2, 0.25) is 5.95 Å². The molecule has 1 rings (SSSR count). The van der Waals surface area contributed by atoms with Gasteiger partial charge in [0.1, 0.15) is 5.82 Å². The zero-order valence-corrected chi connectivity index (χ0v) is 7.26. The van der Waals surface area contributed by atoms with Crippen LogP contribution in [0.2, 0.25) is 0 Å². The maximum Gasteiger partial charge on any atom is 0.222 e. The number of hydrogen-bond acceptors (Lipinski definition) is 5. The van der Waals surface area contributed by atoms with E-state index < -0.39 is 0 Å². The van der Waals surface area contributed by atoms with E-state index in [1.165, 1.54) is 0 Å². The molecular weight excluding hydrogens is 154 g/mol. The number of anilines is 2. The summed E-state index contributed by atoms with van der Waals surface area (Å²) < 4.78 is 0. The summed E-state index contributed by atoms with van der Waals surface area (Å²) in [6.45, 7) is 0.696. The highest BCUT2D eigenvalue weighted by Crippen LogP contribution is 2.06. The second-order valence-electron chi connectivity index (χ2n) is 2.38. The molecule has 0 fully saturated rings. The second kappa shape index (κ2) is 3.87. The molecule has 0 atom stereocenters. The van der Waals surface area contributed by atoms with Crippen molar-refractivity contribution in [1.82, 2.24) is 15.3 Å². The molecule has 5 nitrogen and oxygen atoms in total. The lowest BCUT2D eigenvalue weighted by Crippen LogP contribution is -2.10. The fourth-order valence-corrected chi connectivity index (χ4v) is 0.918. The molecule has 0 saturated heterocycles. The van der Waals surface area contributed by atoms with E-state index in [0.717, 1.165) is 11.5 Å². The van der Waals surface area contributed by atoms with Crippen molar-refractivity contribution in [2.75, 3.05) is 25.1 Å². The van der Waals surface area contributed by atoms with Crippen LogP contribution in [0.25, 0.3) is 0 Å². The first-order valence-electron chi connectivity index (χ1n) is 3.72. The van der Waals surface area contributed by atoms with E-state index in [4.69, 9.17) is 5.73 Å². The van der Waals surface area contributed by atoms with E-state index in [9.17, 15) is 0 Å². The van der Waals surface area contributed by atoms with Crippen molar-refractivity contribution in [3.8, 4) is 0 Å². The summed E-state index contributed by atoms with van der Waals surface area (Å²) in [5, 5.41) is 5.90. The molecule has 66 valence electrons. The lowest BCUT2D eigenvalue weighted by atomic mass is 10.4. The summed E-state index contributed by atoms with van der Waals surface area (Å²) in [6, 6.07) is 1.85. The molecule has 1 aromatic rings. The Kier molecular flexibility index (Phi) is 2.82. The highest BCUT2D eigenvalue weighted by molar-refractivity contribution is 5.39. The van der Waals surface area contributed by atoms with Crippen molar-refractivity contribution in [2.24, 2.45) is 0 Å². The van der Waals surface area contributed by atoms with Crippen LogP contribution in [-0.4, -0.2) is 24.1 Å². The smallest absolute Gasteiger partial charge is 0.222 e. The van der Waals surface area contributed by atoms with Crippen molar-refractivity contribution in [1.29, 1.82) is 0 Å². The molecule has 0 spiro atoms. The van der Waals surface area contributed by atoms with Gasteiger partial charge in [-0.25, -0.2) is 4.98 Å². The number of nitrogens with zero attached hydrogens (tertiary/aromatic N) is 2. The molecular formula is C7H13N5. The normalized spacial score (nSPS) is 9.83. The van der Waals surface area contributed by atoms with Crippen molar-refractivity contribution in [3.05, 3.63) is 11.8 Å². The minimum Gasteiger partial charge on any atom is -0.373 e. The molecule has 0 amide bonds. The molecule has 0 bridgehead atoms. The Bertz CT molecular complexity index is 260. The van der Waals surface area contributed by atoms with E-state index in [1.807, 2.05) is 13.1 Å². The van der Waals surface area contributed by atoms with E-state index in [-0.39, 0.29) is 0 Å². The Labute approximate surface area is 71.4 Å². The lowest BCUT2D eigenvalue weighted by Gasteiger charge is -2.03. The van der Waals surface area contributed by atoms with E-state index in [2.05, 4.69) is 20.6 Å². The second-order valence-corrected chi connectivity index (χ2v) is 2.38. The molecule has 1 heterocycles. The first-order chi connectivity index (χ1) is 5.76. The van der Waals surface area contributed by atoms with Crippen molar-refractivity contribution in [2.45, 2.75) is 6.54 Å². The molecule has 4 N–H and O–H groups in total. The first-order valence-corrected chi connectivity index (χ1v) is 3.72. The molecule has 12 heavy (non-hydrogen) atoms. The van der Waals surface area contributed by atoms with Gasteiger partial charge in [-0.05, 0) is 7.05 Å². The number of nitrogen functional groups attached to an aromatic ring is 1. The minimum atomic E-state index is 0.298. The van der Waals surface area contributed by atoms with Gasteiger partial charge in [0.25, 0.3) is 0 Å². The Morgan fingerprint density at radius 1 is 1.42 bits per heavy atom. The van der Waals surface area contributed by atoms with Gasteiger partial charge in [-0.1, -0.05) is 0 Å². The van der Waals surface area contributed by atoms with Crippen LogP contribution in [-0.2, 0) is 6.54 Å². The van der Waals surface area contributed by atoms with Gasteiger partial charge in [-0.3, -0.25) is 0 Å². The molecule has 0 aliphatic rings. The lowest BCUT2D eigenvalue weighted by molar-refractivity contribution is 0.789. The largest absolute Gasteiger partial charge is 0.373 e. The van der Waals surface area contributed by atoms with E-state index in [1.54, 1.807) is 7.05 Å². The molecule has 0 radical (unpaired) electrons. The average molecular weight is 167 g/mol. The Morgan fingerprint density at radius 3 is 2.75 bits per heavy atom. The molecule has 5 heteroatoms. The Hall–Kier alpha value is -1.36. The van der Waals surface area contributed by atoms with Crippen LogP contribution < -0.4 is 16.4 Å². The summed E-state index contributed by atoms with van der Waals surface area (Å²) in [5.41, 5.74) is 6.36. The van der Waals surface area contributed by atoms with Gasteiger partial charge in [0, 0.05) is 19.7 Å². The first kappa shape index (κ1) is 8.73. The van der Waals surface area contributed by atoms with Gasteiger partial charge < -0.3 is 16.4 Å². The molecule has 0 aliphatic carbocycles. The highest BCUT2D eigenvalue weighted by atomic mass is 15.1. The molecule has 0 aromatic carbocycles. The Morgan fingerprint density at radius 2 is 2.17 bits per heavy atom. The average Bonchev–Trinajstić information content (AvgIpc) is 2.04. The van der Waals surface area contributed by atoms with E-state index >= 15 is 0 Å². The van der Waals surface area contributed by atoms with E-state index in [0.29, 0.717) is 12.5 Å².